The zero-order valence-corrected chi connectivity index (χ0v) is 19.7. The van der Waals surface area contributed by atoms with Crippen molar-refractivity contribution in [3.05, 3.63) is 142 Å². The number of alkyl halides is 3. The van der Waals surface area contributed by atoms with Crippen molar-refractivity contribution in [2.45, 2.75) is 6.18 Å². The number of benzene rings is 4. The van der Waals surface area contributed by atoms with Crippen molar-refractivity contribution in [3.8, 4) is 0 Å². The molecule has 5 rings (SSSR count). The number of allylic oxidation sites excluding steroid dienone is 1. The monoisotopic (exact) mass is 509 g/mol. The van der Waals surface area contributed by atoms with Crippen molar-refractivity contribution in [1.29, 1.82) is 0 Å². The minimum Gasteiger partial charge on any atom is -0.289 e. The molecule has 1 aliphatic carbocycles. The summed E-state index contributed by atoms with van der Waals surface area (Å²) in [6, 6.07) is 22.8. The van der Waals surface area contributed by atoms with Gasteiger partial charge in [0, 0.05) is 34.0 Å². The first-order valence-electron chi connectivity index (χ1n) is 11.6. The summed E-state index contributed by atoms with van der Waals surface area (Å²) in [5, 5.41) is 0. The number of ketones is 3. The summed E-state index contributed by atoms with van der Waals surface area (Å²) < 4.78 is 38.6. The van der Waals surface area contributed by atoms with Crippen LogP contribution in [0.1, 0.15) is 58.9 Å². The molecule has 4 aromatic rings. The average molecular weight is 509 g/mol. The molecule has 0 unspecified atom stereocenters. The highest BCUT2D eigenvalue weighted by molar-refractivity contribution is 6.31. The lowest BCUT2D eigenvalue weighted by Gasteiger charge is -2.19. The Kier molecular flexibility index (Phi) is 6.43. The molecule has 0 atom stereocenters. The maximum atomic E-state index is 13.1. The molecule has 0 aromatic heterocycles. The molecule has 0 amide bonds. The van der Waals surface area contributed by atoms with E-state index in [1.807, 2.05) is 0 Å². The Labute approximate surface area is 215 Å². The van der Waals surface area contributed by atoms with Crippen LogP contribution in [0.15, 0.2) is 102 Å². The number of carbonyl (C=O) groups excluding carboxylic acids is 3. The van der Waals surface area contributed by atoms with E-state index in [1.54, 1.807) is 66.7 Å². The number of hydrogen-bond donors (Lipinski definition) is 0. The van der Waals surface area contributed by atoms with Gasteiger partial charge in [0.1, 0.15) is 0 Å². The van der Waals surface area contributed by atoms with Gasteiger partial charge in [0.2, 0.25) is 0 Å². The summed E-state index contributed by atoms with van der Waals surface area (Å²) in [5.41, 5.74) is 1.81. The highest BCUT2D eigenvalue weighted by Crippen LogP contribution is 2.32. The standard InChI is InChI=1S/C31H18F3NO3/c32-31(33,34)21-5-3-6-22(17-21)35-18-20-13-11-19(12-14-20)15-16-27(36)25-9-4-10-26-28(25)30(38)24-8-2-1-7-23(24)29(26)37/h1-18H/b16-15+,35-18?. The lowest BCUT2D eigenvalue weighted by atomic mass is 9.81. The van der Waals surface area contributed by atoms with E-state index in [2.05, 4.69) is 4.99 Å². The highest BCUT2D eigenvalue weighted by atomic mass is 19.4. The smallest absolute Gasteiger partial charge is 0.289 e. The summed E-state index contributed by atoms with van der Waals surface area (Å²) in [7, 11) is 0. The first kappa shape index (κ1) is 24.8. The van der Waals surface area contributed by atoms with Gasteiger partial charge in [-0.1, -0.05) is 78.9 Å². The van der Waals surface area contributed by atoms with Crippen molar-refractivity contribution in [1.82, 2.24) is 0 Å². The molecule has 0 N–H and O–H groups in total. The van der Waals surface area contributed by atoms with Crippen LogP contribution in [-0.2, 0) is 6.18 Å². The first-order valence-corrected chi connectivity index (χ1v) is 11.6. The SMILES string of the molecule is O=C(/C=C/c1ccc(C=Nc2cccc(C(F)(F)F)c2)cc1)c1cccc2c1C(=O)c1ccccc1C2=O. The van der Waals surface area contributed by atoms with Crippen LogP contribution < -0.4 is 0 Å². The van der Waals surface area contributed by atoms with Gasteiger partial charge in [0.05, 0.1) is 11.3 Å². The molecule has 4 nitrogen and oxygen atoms in total. The third-order valence-corrected chi connectivity index (χ3v) is 6.12. The van der Waals surface area contributed by atoms with Crippen LogP contribution in [0.5, 0.6) is 0 Å². The summed E-state index contributed by atoms with van der Waals surface area (Å²) in [4.78, 5) is 43.2. The fourth-order valence-electron chi connectivity index (χ4n) is 4.22. The molecule has 7 heteroatoms. The molecule has 0 heterocycles. The summed E-state index contributed by atoms with van der Waals surface area (Å²) in [5.74, 6) is -1.08. The van der Waals surface area contributed by atoms with Crippen molar-refractivity contribution in [3.63, 3.8) is 0 Å². The lowest BCUT2D eigenvalue weighted by molar-refractivity contribution is -0.137. The van der Waals surface area contributed by atoms with Crippen LogP contribution in [0.2, 0.25) is 0 Å². The zero-order valence-electron chi connectivity index (χ0n) is 19.7. The Bertz CT molecular complexity index is 1650. The Balaban J connectivity index is 1.33. The maximum absolute atomic E-state index is 13.1. The minimum atomic E-state index is -4.44. The number of fused-ring (bicyclic) bond motifs is 2. The average Bonchev–Trinajstić information content (AvgIpc) is 2.93. The molecule has 0 bridgehead atoms. The van der Waals surface area contributed by atoms with E-state index in [-0.39, 0.29) is 39.5 Å². The number of aliphatic imine (C=N–C) groups is 1. The topological polar surface area (TPSA) is 63.6 Å². The molecular weight excluding hydrogens is 491 g/mol. The highest BCUT2D eigenvalue weighted by Gasteiger charge is 2.32. The van der Waals surface area contributed by atoms with E-state index in [1.165, 1.54) is 30.5 Å². The van der Waals surface area contributed by atoms with Gasteiger partial charge < -0.3 is 0 Å². The molecule has 1 aliphatic rings. The third kappa shape index (κ3) is 4.86. The summed E-state index contributed by atoms with van der Waals surface area (Å²) in [6.45, 7) is 0. The second-order valence-corrected chi connectivity index (χ2v) is 8.60. The van der Waals surface area contributed by atoms with Gasteiger partial charge in [0.15, 0.2) is 17.3 Å². The first-order chi connectivity index (χ1) is 18.2. The number of halogens is 3. The van der Waals surface area contributed by atoms with E-state index in [0.717, 1.165) is 12.1 Å². The molecule has 0 spiro atoms. The Hall–Kier alpha value is -4.91. The normalized spacial score (nSPS) is 13.1. The van der Waals surface area contributed by atoms with E-state index in [9.17, 15) is 27.6 Å². The molecule has 0 aliphatic heterocycles. The van der Waals surface area contributed by atoms with E-state index < -0.39 is 17.5 Å². The van der Waals surface area contributed by atoms with E-state index in [0.29, 0.717) is 16.7 Å². The summed E-state index contributed by atoms with van der Waals surface area (Å²) >= 11 is 0. The van der Waals surface area contributed by atoms with Crippen molar-refractivity contribution < 1.29 is 27.6 Å². The van der Waals surface area contributed by atoms with E-state index >= 15 is 0 Å². The van der Waals surface area contributed by atoms with Gasteiger partial charge in [-0.3, -0.25) is 19.4 Å². The zero-order chi connectivity index (χ0) is 26.9. The van der Waals surface area contributed by atoms with E-state index in [4.69, 9.17) is 0 Å². The Morgan fingerprint density at radius 1 is 0.711 bits per heavy atom. The predicted octanol–water partition coefficient (Wildman–Crippen LogP) is 7.13. The molecule has 4 aromatic carbocycles. The van der Waals surface area contributed by atoms with Crippen LogP contribution >= 0.6 is 0 Å². The number of hydrogen-bond acceptors (Lipinski definition) is 4. The Morgan fingerprint density at radius 3 is 2.05 bits per heavy atom. The molecular formula is C31H18F3NO3. The van der Waals surface area contributed by atoms with Crippen LogP contribution in [0.4, 0.5) is 18.9 Å². The molecule has 0 radical (unpaired) electrons. The number of carbonyl (C=O) groups is 3. The van der Waals surface area contributed by atoms with Gasteiger partial charge in [-0.25, -0.2) is 0 Å². The van der Waals surface area contributed by atoms with Crippen molar-refractivity contribution >= 4 is 35.3 Å². The fraction of sp³-hybridized carbons (Fsp3) is 0.0323. The largest absolute Gasteiger partial charge is 0.416 e. The van der Waals surface area contributed by atoms with Crippen molar-refractivity contribution in [2.24, 2.45) is 4.99 Å². The summed E-state index contributed by atoms with van der Waals surface area (Å²) in [6.07, 6.45) is -0.0771. The van der Waals surface area contributed by atoms with Crippen LogP contribution in [0.25, 0.3) is 6.08 Å². The second-order valence-electron chi connectivity index (χ2n) is 8.60. The molecule has 38 heavy (non-hydrogen) atoms. The number of nitrogens with zero attached hydrogens (tertiary/aromatic N) is 1. The predicted molar refractivity (Wildman–Crippen MR) is 138 cm³/mol. The van der Waals surface area contributed by atoms with Crippen molar-refractivity contribution in [2.75, 3.05) is 0 Å². The molecule has 186 valence electrons. The van der Waals surface area contributed by atoms with Gasteiger partial charge >= 0.3 is 6.18 Å². The quantitative estimate of drug-likeness (QED) is 0.144. The van der Waals surface area contributed by atoms with Gasteiger partial charge in [-0.15, -0.1) is 0 Å². The van der Waals surface area contributed by atoms with Gasteiger partial charge in [0.25, 0.3) is 0 Å². The fourth-order valence-corrected chi connectivity index (χ4v) is 4.22. The number of rotatable bonds is 5. The minimum absolute atomic E-state index is 0.104. The maximum Gasteiger partial charge on any atom is 0.416 e. The molecule has 0 fully saturated rings. The molecule has 0 saturated carbocycles. The second kappa shape index (κ2) is 9.86. The molecule has 0 saturated heterocycles. The van der Waals surface area contributed by atoms with Gasteiger partial charge in [-0.2, -0.15) is 13.2 Å². The van der Waals surface area contributed by atoms with Gasteiger partial charge in [-0.05, 0) is 35.4 Å². The van der Waals surface area contributed by atoms with Crippen LogP contribution in [-0.4, -0.2) is 23.6 Å². The lowest BCUT2D eigenvalue weighted by Crippen LogP contribution is -2.23. The van der Waals surface area contributed by atoms with Crippen LogP contribution in [0, 0.1) is 0 Å². The Morgan fingerprint density at radius 2 is 1.34 bits per heavy atom. The third-order valence-electron chi connectivity index (χ3n) is 6.12. The van der Waals surface area contributed by atoms with Crippen LogP contribution in [0.3, 0.4) is 0 Å².